The maximum atomic E-state index is 11.1. The van der Waals surface area contributed by atoms with Gasteiger partial charge in [0.25, 0.3) is 0 Å². The zero-order valence-corrected chi connectivity index (χ0v) is 17.8. The van der Waals surface area contributed by atoms with Crippen molar-refractivity contribution in [3.63, 3.8) is 0 Å². The normalized spacial score (nSPS) is 18.2. The topological polar surface area (TPSA) is 105 Å². The largest absolute Gasteiger partial charge is 0.488 e. The Bertz CT molecular complexity index is 834. The Morgan fingerprint density at radius 3 is 2.58 bits per heavy atom. The number of aliphatic hydroxyl groups excluding tert-OH is 2. The van der Waals surface area contributed by atoms with Gasteiger partial charge in [-0.15, -0.1) is 0 Å². The van der Waals surface area contributed by atoms with Gasteiger partial charge in [0.2, 0.25) is 0 Å². The number of benzene rings is 2. The number of carbonyl (C=O) groups is 1. The van der Waals surface area contributed by atoms with E-state index in [0.717, 1.165) is 29.9 Å². The first-order valence-electron chi connectivity index (χ1n) is 10.2. The van der Waals surface area contributed by atoms with E-state index in [0.29, 0.717) is 29.9 Å². The number of carbonyl (C=O) groups excluding carboxylic acids is 1. The van der Waals surface area contributed by atoms with Gasteiger partial charge < -0.3 is 34.3 Å². The highest BCUT2D eigenvalue weighted by Crippen LogP contribution is 2.29. The number of ether oxygens (including phenoxy) is 3. The van der Waals surface area contributed by atoms with E-state index in [4.69, 9.17) is 25.8 Å². The zero-order valence-electron chi connectivity index (χ0n) is 17.0. The van der Waals surface area contributed by atoms with Gasteiger partial charge in [-0.05, 0) is 41.3 Å². The van der Waals surface area contributed by atoms with Crippen LogP contribution in [-0.4, -0.2) is 59.9 Å². The molecule has 1 aliphatic heterocycles. The van der Waals surface area contributed by atoms with Crippen LogP contribution in [-0.2, 0) is 20.7 Å². The summed E-state index contributed by atoms with van der Waals surface area (Å²) in [5.74, 6) is 0.788. The lowest BCUT2D eigenvalue weighted by atomic mass is 9.99. The minimum Gasteiger partial charge on any atom is -0.488 e. The van der Waals surface area contributed by atoms with E-state index in [1.165, 1.54) is 0 Å². The zero-order chi connectivity index (χ0) is 22.2. The number of hydrogen-bond acceptors (Lipinski definition) is 7. The average molecular weight is 451 g/mol. The molecule has 2 aromatic rings. The summed E-state index contributed by atoms with van der Waals surface area (Å²) < 4.78 is 16.8. The Labute approximate surface area is 186 Å². The van der Waals surface area contributed by atoms with Crippen LogP contribution in [0.4, 0.5) is 0 Å². The van der Waals surface area contributed by atoms with Gasteiger partial charge in [-0.1, -0.05) is 35.9 Å². The van der Waals surface area contributed by atoms with Crippen LogP contribution in [0.2, 0.25) is 5.02 Å². The Balaban J connectivity index is 1.72. The summed E-state index contributed by atoms with van der Waals surface area (Å²) >= 11 is 6.39. The summed E-state index contributed by atoms with van der Waals surface area (Å²) in [6.45, 7) is 0.746. The molecule has 3 unspecified atom stereocenters. The van der Waals surface area contributed by atoms with Crippen LogP contribution in [0.3, 0.4) is 0 Å². The van der Waals surface area contributed by atoms with Crippen molar-refractivity contribution in [3.05, 3.63) is 64.2 Å². The maximum Gasteiger partial charge on any atom is 0.180 e. The Morgan fingerprint density at radius 2 is 1.97 bits per heavy atom. The first-order chi connectivity index (χ1) is 15.0. The molecule has 31 heavy (non-hydrogen) atoms. The molecule has 1 saturated heterocycles. The van der Waals surface area contributed by atoms with Crippen molar-refractivity contribution in [1.29, 1.82) is 0 Å². The predicted molar refractivity (Wildman–Crippen MR) is 114 cm³/mol. The fraction of sp³-hybridized carbons (Fsp3) is 0.435. The van der Waals surface area contributed by atoms with E-state index in [-0.39, 0.29) is 12.5 Å². The lowest BCUT2D eigenvalue weighted by Gasteiger charge is -2.24. The van der Waals surface area contributed by atoms with E-state index >= 15 is 0 Å². The number of rotatable bonds is 11. The maximum absolute atomic E-state index is 11.1. The highest BCUT2D eigenvalue weighted by molar-refractivity contribution is 6.31. The molecule has 7 nitrogen and oxygen atoms in total. The molecule has 1 aliphatic rings. The molecule has 0 aromatic heterocycles. The van der Waals surface area contributed by atoms with Crippen molar-refractivity contribution in [2.24, 2.45) is 0 Å². The SMILES string of the molecule is O=CCC(OC(CO)C(O)O)c1ccc(Cl)c(Cc2ccc(OC3CCOC3)cc2)c1. The lowest BCUT2D eigenvalue weighted by Crippen LogP contribution is -2.33. The van der Waals surface area contributed by atoms with Gasteiger partial charge in [0.15, 0.2) is 6.29 Å². The van der Waals surface area contributed by atoms with Crippen LogP contribution in [0.15, 0.2) is 42.5 Å². The van der Waals surface area contributed by atoms with Crippen LogP contribution in [0.25, 0.3) is 0 Å². The molecule has 0 radical (unpaired) electrons. The number of aldehydes is 1. The van der Waals surface area contributed by atoms with Crippen LogP contribution in [0.5, 0.6) is 5.75 Å². The molecular weight excluding hydrogens is 424 g/mol. The van der Waals surface area contributed by atoms with Gasteiger partial charge in [-0.3, -0.25) is 0 Å². The average Bonchev–Trinajstić information content (AvgIpc) is 3.27. The number of halogens is 1. The van der Waals surface area contributed by atoms with Crippen molar-refractivity contribution < 1.29 is 34.3 Å². The second-order valence-corrected chi connectivity index (χ2v) is 7.84. The molecular formula is C23H27ClO7. The molecule has 1 fully saturated rings. The lowest BCUT2D eigenvalue weighted by molar-refractivity contribution is -0.178. The molecule has 0 spiro atoms. The molecule has 1 heterocycles. The van der Waals surface area contributed by atoms with E-state index < -0.39 is 25.1 Å². The third kappa shape index (κ3) is 6.74. The molecule has 2 aromatic carbocycles. The van der Waals surface area contributed by atoms with Gasteiger partial charge in [-0.2, -0.15) is 0 Å². The Hall–Kier alpha value is -2.00. The molecule has 0 bridgehead atoms. The van der Waals surface area contributed by atoms with Crippen LogP contribution < -0.4 is 4.74 Å². The molecule has 0 aliphatic carbocycles. The van der Waals surface area contributed by atoms with E-state index in [1.54, 1.807) is 12.1 Å². The molecule has 3 rings (SSSR count). The van der Waals surface area contributed by atoms with E-state index in [2.05, 4.69) is 0 Å². The first-order valence-corrected chi connectivity index (χ1v) is 10.6. The summed E-state index contributed by atoms with van der Waals surface area (Å²) in [5.41, 5.74) is 2.52. The second kappa shape index (κ2) is 11.6. The fourth-order valence-electron chi connectivity index (χ4n) is 3.41. The minimum atomic E-state index is -1.86. The molecule has 8 heteroatoms. The van der Waals surface area contributed by atoms with Gasteiger partial charge in [-0.25, -0.2) is 0 Å². The summed E-state index contributed by atoms with van der Waals surface area (Å²) in [6, 6.07) is 13.0. The van der Waals surface area contributed by atoms with Gasteiger partial charge in [0, 0.05) is 17.9 Å². The fourth-order valence-corrected chi connectivity index (χ4v) is 3.60. The van der Waals surface area contributed by atoms with E-state index in [1.807, 2.05) is 30.3 Å². The van der Waals surface area contributed by atoms with Gasteiger partial charge in [0.1, 0.15) is 24.2 Å². The quantitative estimate of drug-likeness (QED) is 0.356. The van der Waals surface area contributed by atoms with E-state index in [9.17, 15) is 20.1 Å². The highest BCUT2D eigenvalue weighted by Gasteiger charge is 2.23. The minimum absolute atomic E-state index is 0.00120. The Kier molecular flexibility index (Phi) is 8.83. The van der Waals surface area contributed by atoms with Gasteiger partial charge in [0.05, 0.1) is 25.9 Å². The summed E-state index contributed by atoms with van der Waals surface area (Å²) in [4.78, 5) is 11.1. The van der Waals surface area contributed by atoms with Crippen molar-refractivity contribution in [3.8, 4) is 5.75 Å². The van der Waals surface area contributed by atoms with Gasteiger partial charge >= 0.3 is 0 Å². The van der Waals surface area contributed by atoms with Crippen molar-refractivity contribution in [2.45, 2.75) is 43.9 Å². The molecule has 168 valence electrons. The van der Waals surface area contributed by atoms with Crippen LogP contribution in [0.1, 0.15) is 35.6 Å². The number of aliphatic hydroxyl groups is 3. The molecule has 0 amide bonds. The first kappa shape index (κ1) is 23.7. The summed E-state index contributed by atoms with van der Waals surface area (Å²) in [6.07, 6.45) is -1.60. The Morgan fingerprint density at radius 1 is 1.19 bits per heavy atom. The van der Waals surface area contributed by atoms with Crippen LogP contribution in [0, 0.1) is 0 Å². The van der Waals surface area contributed by atoms with Crippen molar-refractivity contribution in [1.82, 2.24) is 0 Å². The van der Waals surface area contributed by atoms with Crippen molar-refractivity contribution >= 4 is 17.9 Å². The molecule has 3 N–H and O–H groups in total. The predicted octanol–water partition coefficient (Wildman–Crippen LogP) is 2.42. The third-order valence-corrected chi connectivity index (χ3v) is 5.48. The molecule has 0 saturated carbocycles. The summed E-state index contributed by atoms with van der Waals surface area (Å²) in [7, 11) is 0. The smallest absolute Gasteiger partial charge is 0.180 e. The number of hydrogen-bond donors (Lipinski definition) is 3. The highest BCUT2D eigenvalue weighted by atomic mass is 35.5. The summed E-state index contributed by atoms with van der Waals surface area (Å²) in [5, 5.41) is 28.5. The standard InChI is InChI=1S/C23H27ClO7/c24-20-6-3-16(21(7-9-25)31-22(13-26)23(27)28)12-17(20)11-15-1-4-18(5-2-15)30-19-8-10-29-14-19/h1-6,9,12,19,21-23,26-28H,7-8,10-11,13-14H2. The molecule has 3 atom stereocenters. The van der Waals surface area contributed by atoms with Crippen molar-refractivity contribution in [2.75, 3.05) is 19.8 Å². The monoisotopic (exact) mass is 450 g/mol. The van der Waals surface area contributed by atoms with Crippen LogP contribution >= 0.6 is 11.6 Å². The second-order valence-electron chi connectivity index (χ2n) is 7.44. The third-order valence-electron chi connectivity index (χ3n) is 5.11.